The van der Waals surface area contributed by atoms with Crippen LogP contribution in [0.25, 0.3) is 5.76 Å². The Morgan fingerprint density at radius 2 is 2.12 bits per heavy atom. The highest BCUT2D eigenvalue weighted by atomic mass is 19.1. The maximum atomic E-state index is 13.7. The summed E-state index contributed by atoms with van der Waals surface area (Å²) in [7, 11) is 1.36. The quantitative estimate of drug-likeness (QED) is 0.504. The van der Waals surface area contributed by atoms with Gasteiger partial charge in [0, 0.05) is 6.54 Å². The second-order valence-electron chi connectivity index (χ2n) is 5.85. The topological polar surface area (TPSA) is 80.0 Å². The highest BCUT2D eigenvalue weighted by Gasteiger charge is 2.47. The predicted octanol–water partition coefficient (Wildman–Crippen LogP) is 3.26. The van der Waals surface area contributed by atoms with Crippen molar-refractivity contribution in [1.29, 1.82) is 0 Å². The van der Waals surface area contributed by atoms with Crippen LogP contribution in [0.15, 0.2) is 46.6 Å². The highest BCUT2D eigenvalue weighted by molar-refractivity contribution is 6.46. The molecule has 2 heterocycles. The number of hydrogen-bond donors (Lipinski definition) is 1. The molecule has 1 aromatic heterocycles. The number of carbonyl (C=O) groups excluding carboxylic acids is 2. The minimum Gasteiger partial charge on any atom is -0.507 e. The van der Waals surface area contributed by atoms with E-state index in [1.54, 1.807) is 12.1 Å². The van der Waals surface area contributed by atoms with Crippen molar-refractivity contribution in [3.63, 3.8) is 0 Å². The monoisotopic (exact) mass is 359 g/mol. The Balaban J connectivity index is 2.22. The minimum absolute atomic E-state index is 0.00134. The van der Waals surface area contributed by atoms with Gasteiger partial charge < -0.3 is 19.2 Å². The Kier molecular flexibility index (Phi) is 4.79. The van der Waals surface area contributed by atoms with Crippen LogP contribution in [0.2, 0.25) is 0 Å². The molecule has 1 N–H and O–H groups in total. The first-order chi connectivity index (χ1) is 12.5. The van der Waals surface area contributed by atoms with Gasteiger partial charge in [0.15, 0.2) is 0 Å². The summed E-state index contributed by atoms with van der Waals surface area (Å²) in [5.74, 6) is -2.16. The van der Waals surface area contributed by atoms with E-state index in [9.17, 15) is 19.1 Å². The molecule has 1 aromatic carbocycles. The van der Waals surface area contributed by atoms with Crippen molar-refractivity contribution in [3.8, 4) is 5.75 Å². The van der Waals surface area contributed by atoms with Gasteiger partial charge in [-0.05, 0) is 36.8 Å². The van der Waals surface area contributed by atoms with Crippen LogP contribution >= 0.6 is 0 Å². The van der Waals surface area contributed by atoms with Crippen LogP contribution in [-0.4, -0.2) is 35.4 Å². The Labute approximate surface area is 149 Å². The molecule has 26 heavy (non-hydrogen) atoms. The van der Waals surface area contributed by atoms with Crippen molar-refractivity contribution in [2.45, 2.75) is 19.4 Å². The number of methoxy groups -OCH3 is 1. The zero-order valence-electron chi connectivity index (χ0n) is 14.4. The zero-order valence-corrected chi connectivity index (χ0v) is 14.4. The molecule has 0 bridgehead atoms. The number of nitrogens with zero attached hydrogens (tertiary/aromatic N) is 1. The molecule has 1 aliphatic heterocycles. The normalized spacial score (nSPS) is 19.2. The fourth-order valence-electron chi connectivity index (χ4n) is 3.10. The molecule has 1 atom stereocenters. The van der Waals surface area contributed by atoms with Gasteiger partial charge in [0.2, 0.25) is 0 Å². The van der Waals surface area contributed by atoms with Crippen LogP contribution < -0.4 is 4.74 Å². The molecular weight excluding hydrogens is 341 g/mol. The lowest BCUT2D eigenvalue weighted by atomic mass is 9.98. The average molecular weight is 359 g/mol. The molecule has 6 nitrogen and oxygen atoms in total. The molecule has 2 aromatic rings. The summed E-state index contributed by atoms with van der Waals surface area (Å²) < 4.78 is 24.2. The number of halogens is 1. The summed E-state index contributed by atoms with van der Waals surface area (Å²) in [6.45, 7) is 2.18. The number of carbonyl (C=O) groups is 2. The number of rotatable bonds is 5. The number of ether oxygens (including phenoxy) is 1. The number of amides is 1. The third-order valence-electron chi connectivity index (χ3n) is 4.23. The van der Waals surface area contributed by atoms with E-state index in [1.807, 2.05) is 6.92 Å². The van der Waals surface area contributed by atoms with Crippen LogP contribution in [0.5, 0.6) is 5.75 Å². The largest absolute Gasteiger partial charge is 0.507 e. The number of Topliss-reactive ketones (excluding diaryl/α,β-unsaturated/α-hetero) is 1. The van der Waals surface area contributed by atoms with Crippen molar-refractivity contribution in [2.24, 2.45) is 0 Å². The van der Waals surface area contributed by atoms with Crippen molar-refractivity contribution >= 4 is 17.4 Å². The van der Waals surface area contributed by atoms with Gasteiger partial charge in [-0.1, -0.05) is 6.92 Å². The number of aliphatic hydroxyl groups excluding tert-OH is 1. The van der Waals surface area contributed by atoms with Crippen molar-refractivity contribution in [3.05, 3.63) is 59.3 Å². The highest BCUT2D eigenvalue weighted by Crippen LogP contribution is 2.41. The Morgan fingerprint density at radius 1 is 1.35 bits per heavy atom. The smallest absolute Gasteiger partial charge is 0.295 e. The zero-order chi connectivity index (χ0) is 18.8. The number of ketones is 1. The van der Waals surface area contributed by atoms with Crippen molar-refractivity contribution < 1.29 is 28.2 Å². The Morgan fingerprint density at radius 3 is 2.73 bits per heavy atom. The Hall–Kier alpha value is -3.09. The fraction of sp³-hybridized carbons (Fsp3) is 0.263. The van der Waals surface area contributed by atoms with E-state index in [0.717, 1.165) is 6.07 Å². The summed E-state index contributed by atoms with van der Waals surface area (Å²) in [5.41, 5.74) is -0.152. The van der Waals surface area contributed by atoms with Gasteiger partial charge in [-0.25, -0.2) is 4.39 Å². The van der Waals surface area contributed by atoms with E-state index in [0.29, 0.717) is 18.7 Å². The lowest BCUT2D eigenvalue weighted by molar-refractivity contribution is -0.140. The second kappa shape index (κ2) is 7.03. The number of benzene rings is 1. The number of furan rings is 1. The average Bonchev–Trinajstić information content (AvgIpc) is 3.24. The third kappa shape index (κ3) is 2.85. The fourth-order valence-corrected chi connectivity index (χ4v) is 3.10. The molecule has 0 aliphatic carbocycles. The van der Waals surface area contributed by atoms with Crippen LogP contribution in [0.1, 0.15) is 30.7 Å². The second-order valence-corrected chi connectivity index (χ2v) is 5.85. The van der Waals surface area contributed by atoms with E-state index in [1.165, 1.54) is 30.4 Å². The summed E-state index contributed by atoms with van der Waals surface area (Å²) in [4.78, 5) is 26.4. The lowest BCUT2D eigenvalue weighted by Gasteiger charge is -2.22. The first kappa shape index (κ1) is 17.7. The van der Waals surface area contributed by atoms with E-state index in [4.69, 9.17) is 9.15 Å². The van der Waals surface area contributed by atoms with Crippen LogP contribution in [0, 0.1) is 5.82 Å². The van der Waals surface area contributed by atoms with Gasteiger partial charge in [-0.3, -0.25) is 9.59 Å². The molecular formula is C19H18FNO5. The van der Waals surface area contributed by atoms with E-state index < -0.39 is 29.3 Å². The molecule has 1 amide bonds. The Bertz CT molecular complexity index is 872. The van der Waals surface area contributed by atoms with Gasteiger partial charge >= 0.3 is 0 Å². The van der Waals surface area contributed by atoms with Gasteiger partial charge in [0.25, 0.3) is 11.7 Å². The first-order valence-corrected chi connectivity index (χ1v) is 8.15. The summed E-state index contributed by atoms with van der Waals surface area (Å²) >= 11 is 0. The molecule has 0 radical (unpaired) electrons. The molecule has 1 fully saturated rings. The molecule has 0 spiro atoms. The van der Waals surface area contributed by atoms with Crippen molar-refractivity contribution in [1.82, 2.24) is 4.90 Å². The molecule has 1 unspecified atom stereocenters. The number of aliphatic hydroxyl groups is 1. The SMILES string of the molecule is CCCN1C(=O)C(=O)/C(=C(\O)c2cc(F)ccc2OC)C1c1ccco1. The van der Waals surface area contributed by atoms with Crippen molar-refractivity contribution in [2.75, 3.05) is 13.7 Å². The van der Waals surface area contributed by atoms with Gasteiger partial charge in [0.05, 0.1) is 24.5 Å². The molecule has 136 valence electrons. The summed E-state index contributed by atoms with van der Waals surface area (Å²) in [6.07, 6.45) is 2.04. The number of hydrogen-bond acceptors (Lipinski definition) is 5. The van der Waals surface area contributed by atoms with Crippen LogP contribution in [0.4, 0.5) is 4.39 Å². The van der Waals surface area contributed by atoms with E-state index in [2.05, 4.69) is 0 Å². The molecule has 3 rings (SSSR count). The molecule has 1 aliphatic rings. The predicted molar refractivity (Wildman–Crippen MR) is 91.0 cm³/mol. The van der Waals surface area contributed by atoms with Crippen LogP contribution in [-0.2, 0) is 9.59 Å². The molecule has 0 saturated carbocycles. The maximum Gasteiger partial charge on any atom is 0.295 e. The third-order valence-corrected chi connectivity index (χ3v) is 4.23. The lowest BCUT2D eigenvalue weighted by Crippen LogP contribution is -2.30. The number of likely N-dealkylation sites (tertiary alicyclic amines) is 1. The maximum absolute atomic E-state index is 13.7. The minimum atomic E-state index is -0.877. The van der Waals surface area contributed by atoms with E-state index in [-0.39, 0.29) is 16.9 Å². The summed E-state index contributed by atoms with van der Waals surface area (Å²) in [6, 6.07) is 5.95. The van der Waals surface area contributed by atoms with Crippen LogP contribution in [0.3, 0.4) is 0 Å². The van der Waals surface area contributed by atoms with Gasteiger partial charge in [0.1, 0.15) is 29.1 Å². The van der Waals surface area contributed by atoms with Gasteiger partial charge in [-0.2, -0.15) is 0 Å². The first-order valence-electron chi connectivity index (χ1n) is 8.15. The standard InChI is InChI=1S/C19H18FNO5/c1-3-8-21-16(14-5-4-9-26-14)15(18(23)19(21)24)17(22)12-10-11(20)6-7-13(12)25-2/h4-7,9-10,16,22H,3,8H2,1-2H3/b17-15-. The molecule has 7 heteroatoms. The van der Waals surface area contributed by atoms with E-state index >= 15 is 0 Å². The van der Waals surface area contributed by atoms with Gasteiger partial charge in [-0.15, -0.1) is 0 Å². The summed E-state index contributed by atoms with van der Waals surface area (Å²) in [5, 5.41) is 10.8. The molecule has 1 saturated heterocycles.